The van der Waals surface area contributed by atoms with Crippen LogP contribution >= 0.6 is 0 Å². The van der Waals surface area contributed by atoms with E-state index in [1.807, 2.05) is 0 Å². The number of aliphatic carboxylic acids is 1. The van der Waals surface area contributed by atoms with Crippen LogP contribution < -0.4 is 0 Å². The Morgan fingerprint density at radius 1 is 1.12 bits per heavy atom. The summed E-state index contributed by atoms with van der Waals surface area (Å²) in [5, 5.41) is 7.91. The van der Waals surface area contributed by atoms with E-state index in [-0.39, 0.29) is 0 Å². The molecule has 96 valence electrons. The number of rotatable bonds is 4. The highest BCUT2D eigenvalue weighted by Crippen LogP contribution is 2.38. The summed E-state index contributed by atoms with van der Waals surface area (Å²) >= 11 is 0. The monoisotopic (exact) mass is 258 g/mol. The molecule has 0 radical (unpaired) electrons. The average Bonchev–Trinajstić information content (AvgIpc) is 1.95. The van der Waals surface area contributed by atoms with Gasteiger partial charge in [0, 0.05) is 6.92 Å². The molecule has 0 aromatic carbocycles. The van der Waals surface area contributed by atoms with Crippen molar-refractivity contribution in [3.8, 4) is 0 Å². The number of ether oxygens (including phenoxy) is 1. The van der Waals surface area contributed by atoms with Crippen molar-refractivity contribution in [1.82, 2.24) is 0 Å². The molecule has 1 atom stereocenters. The van der Waals surface area contributed by atoms with Gasteiger partial charge in [-0.25, -0.2) is 4.79 Å². The molecule has 0 heterocycles. The quantitative estimate of drug-likeness (QED) is 0.787. The highest BCUT2D eigenvalue weighted by molar-refractivity contribution is 5.73. The standard InChI is InChI=1S/C6H5F7O3/c1-4(7,8)6(12,13)16-2(3(14)15)5(9,10)11/h2H,1H3,(H,14,15). The van der Waals surface area contributed by atoms with E-state index < -0.39 is 37.2 Å². The number of hydrogen-bond donors (Lipinski definition) is 1. The number of alkyl halides is 7. The van der Waals surface area contributed by atoms with Crippen LogP contribution in [0.25, 0.3) is 0 Å². The smallest absolute Gasteiger partial charge is 0.425 e. The average molecular weight is 258 g/mol. The van der Waals surface area contributed by atoms with Crippen LogP contribution in [0.4, 0.5) is 30.7 Å². The summed E-state index contributed by atoms with van der Waals surface area (Å²) in [5.41, 5.74) is 0. The minimum atomic E-state index is -5.72. The molecule has 0 aliphatic carbocycles. The molecule has 0 aromatic heterocycles. The summed E-state index contributed by atoms with van der Waals surface area (Å²) in [6.45, 7) is -0.401. The van der Waals surface area contributed by atoms with Crippen molar-refractivity contribution < 1.29 is 45.4 Å². The third kappa shape index (κ3) is 3.51. The molecule has 0 saturated carbocycles. The van der Waals surface area contributed by atoms with Gasteiger partial charge >= 0.3 is 24.2 Å². The van der Waals surface area contributed by atoms with Crippen molar-refractivity contribution in [2.24, 2.45) is 0 Å². The topological polar surface area (TPSA) is 46.5 Å². The minimum Gasteiger partial charge on any atom is -0.479 e. The molecule has 1 unspecified atom stereocenters. The SMILES string of the molecule is CC(F)(F)C(F)(F)OC(C(=O)O)C(F)(F)F. The molecule has 0 spiro atoms. The third-order valence-electron chi connectivity index (χ3n) is 1.30. The zero-order valence-electron chi connectivity index (χ0n) is 7.49. The fourth-order valence-electron chi connectivity index (χ4n) is 0.509. The summed E-state index contributed by atoms with van der Waals surface area (Å²) in [4.78, 5) is 9.93. The molecule has 16 heavy (non-hydrogen) atoms. The number of hydrogen-bond acceptors (Lipinski definition) is 2. The van der Waals surface area contributed by atoms with Crippen molar-refractivity contribution in [1.29, 1.82) is 0 Å². The molecule has 0 bridgehead atoms. The predicted molar refractivity (Wildman–Crippen MR) is 34.1 cm³/mol. The van der Waals surface area contributed by atoms with Crippen molar-refractivity contribution >= 4 is 5.97 Å². The third-order valence-corrected chi connectivity index (χ3v) is 1.30. The molecular formula is C6H5F7O3. The zero-order valence-corrected chi connectivity index (χ0v) is 7.49. The second-order valence-corrected chi connectivity index (χ2v) is 2.78. The van der Waals surface area contributed by atoms with Gasteiger partial charge in [-0.3, -0.25) is 4.74 Å². The van der Waals surface area contributed by atoms with Gasteiger partial charge in [-0.1, -0.05) is 0 Å². The largest absolute Gasteiger partial charge is 0.479 e. The normalized spacial score (nSPS) is 16.0. The van der Waals surface area contributed by atoms with E-state index >= 15 is 0 Å². The van der Waals surface area contributed by atoms with E-state index in [2.05, 4.69) is 4.74 Å². The van der Waals surface area contributed by atoms with Crippen LogP contribution in [0.1, 0.15) is 6.92 Å². The van der Waals surface area contributed by atoms with E-state index in [4.69, 9.17) is 5.11 Å². The maximum absolute atomic E-state index is 12.3. The molecule has 0 rings (SSSR count). The van der Waals surface area contributed by atoms with Gasteiger partial charge in [0.1, 0.15) is 0 Å². The molecule has 0 amide bonds. The lowest BCUT2D eigenvalue weighted by Crippen LogP contribution is -2.50. The zero-order chi connectivity index (χ0) is 13.4. The molecule has 0 aromatic rings. The Hall–Kier alpha value is -1.06. The first-order chi connectivity index (χ1) is 6.79. The second kappa shape index (κ2) is 4.07. The van der Waals surface area contributed by atoms with Crippen molar-refractivity contribution in [2.75, 3.05) is 0 Å². The van der Waals surface area contributed by atoms with Gasteiger partial charge in [0.05, 0.1) is 0 Å². The van der Waals surface area contributed by atoms with E-state index in [1.54, 1.807) is 0 Å². The molecule has 0 saturated heterocycles. The van der Waals surface area contributed by atoms with Gasteiger partial charge in [0.2, 0.25) is 0 Å². The molecule has 0 fully saturated rings. The minimum absolute atomic E-state index is 0.401. The molecule has 10 heteroatoms. The molecule has 3 nitrogen and oxygen atoms in total. The van der Waals surface area contributed by atoms with Crippen LogP contribution in [0.2, 0.25) is 0 Å². The highest BCUT2D eigenvalue weighted by Gasteiger charge is 2.60. The predicted octanol–water partition coefficient (Wildman–Crippen LogP) is 2.27. The first-order valence-electron chi connectivity index (χ1n) is 3.52. The Labute approximate surface area is 83.8 Å². The molecule has 1 N–H and O–H groups in total. The van der Waals surface area contributed by atoms with Crippen molar-refractivity contribution in [3.05, 3.63) is 0 Å². The Morgan fingerprint density at radius 3 is 1.69 bits per heavy atom. The lowest BCUT2D eigenvalue weighted by molar-refractivity contribution is -0.380. The van der Waals surface area contributed by atoms with Crippen LogP contribution in [0.15, 0.2) is 0 Å². The van der Waals surface area contributed by atoms with Gasteiger partial charge in [0.25, 0.3) is 6.10 Å². The maximum Gasteiger partial charge on any atom is 0.425 e. The first kappa shape index (κ1) is 14.9. The van der Waals surface area contributed by atoms with Crippen LogP contribution in [-0.2, 0) is 9.53 Å². The summed E-state index contributed by atoms with van der Waals surface area (Å²) in [7, 11) is 0. The van der Waals surface area contributed by atoms with Crippen LogP contribution in [0.5, 0.6) is 0 Å². The van der Waals surface area contributed by atoms with E-state index in [0.29, 0.717) is 0 Å². The Morgan fingerprint density at radius 2 is 1.50 bits per heavy atom. The summed E-state index contributed by atoms with van der Waals surface area (Å²) < 4.78 is 86.9. The van der Waals surface area contributed by atoms with Gasteiger partial charge in [0.15, 0.2) is 0 Å². The molecular weight excluding hydrogens is 253 g/mol. The summed E-state index contributed by atoms with van der Waals surface area (Å²) in [6.07, 6.45) is -15.3. The van der Waals surface area contributed by atoms with Gasteiger partial charge in [-0.15, -0.1) is 0 Å². The van der Waals surface area contributed by atoms with Crippen LogP contribution in [-0.4, -0.2) is 35.4 Å². The fourth-order valence-corrected chi connectivity index (χ4v) is 0.509. The summed E-state index contributed by atoms with van der Waals surface area (Å²) in [5.74, 6) is -7.78. The van der Waals surface area contributed by atoms with Gasteiger partial charge in [-0.05, 0) is 0 Å². The van der Waals surface area contributed by atoms with Crippen molar-refractivity contribution in [2.45, 2.75) is 31.2 Å². The Kier molecular flexibility index (Phi) is 3.80. The number of carboxylic acids is 1. The first-order valence-corrected chi connectivity index (χ1v) is 3.52. The lowest BCUT2D eigenvalue weighted by atomic mass is 10.3. The fraction of sp³-hybridized carbons (Fsp3) is 0.833. The van der Waals surface area contributed by atoms with Crippen molar-refractivity contribution in [3.63, 3.8) is 0 Å². The number of carbonyl (C=O) groups is 1. The van der Waals surface area contributed by atoms with E-state index in [1.165, 1.54) is 0 Å². The van der Waals surface area contributed by atoms with E-state index in [9.17, 15) is 35.5 Å². The van der Waals surface area contributed by atoms with Crippen LogP contribution in [0, 0.1) is 0 Å². The molecule has 0 aliphatic heterocycles. The van der Waals surface area contributed by atoms with Crippen LogP contribution in [0.3, 0.4) is 0 Å². The van der Waals surface area contributed by atoms with Gasteiger partial charge in [-0.2, -0.15) is 30.7 Å². The Bertz CT molecular complexity index is 266. The highest BCUT2D eigenvalue weighted by atomic mass is 19.4. The number of carboxylic acid groups (broad SMARTS) is 1. The molecule has 0 aliphatic rings. The van der Waals surface area contributed by atoms with Gasteiger partial charge < -0.3 is 5.11 Å². The number of halogens is 7. The summed E-state index contributed by atoms with van der Waals surface area (Å²) in [6, 6.07) is 0. The lowest BCUT2D eigenvalue weighted by Gasteiger charge is -2.26. The Balaban J connectivity index is 4.99. The maximum atomic E-state index is 12.3. The van der Waals surface area contributed by atoms with E-state index in [0.717, 1.165) is 0 Å². The second-order valence-electron chi connectivity index (χ2n) is 2.78.